The van der Waals surface area contributed by atoms with Gasteiger partial charge in [-0.3, -0.25) is 9.88 Å². The van der Waals surface area contributed by atoms with E-state index in [4.69, 9.17) is 0 Å². The highest BCUT2D eigenvalue weighted by atomic mass is 31.1. The van der Waals surface area contributed by atoms with Gasteiger partial charge in [-0.2, -0.15) is 0 Å². The van der Waals surface area contributed by atoms with Crippen molar-refractivity contribution in [3.8, 4) is 0 Å². The van der Waals surface area contributed by atoms with Gasteiger partial charge in [-0.25, -0.2) is 0 Å². The molecule has 0 fully saturated rings. The Balaban J connectivity index is 1.90. The summed E-state index contributed by atoms with van der Waals surface area (Å²) in [5.41, 5.74) is 3.32. The second-order valence-electron chi connectivity index (χ2n) is 7.57. The molecule has 0 aromatic heterocycles. The van der Waals surface area contributed by atoms with Crippen LogP contribution in [0.1, 0.15) is 22.3 Å². The van der Waals surface area contributed by atoms with E-state index in [0.29, 0.717) is 6.42 Å². The lowest BCUT2D eigenvalue weighted by Gasteiger charge is -2.39. The van der Waals surface area contributed by atoms with Crippen LogP contribution in [0.25, 0.3) is 0 Å². The SMILES string of the molecule is O=[PH](O)C(Cc1ccccc1)NC(c1ccccc1)(c1ccccc1)c1ccccc1. The number of benzene rings is 4. The lowest BCUT2D eigenvalue weighted by molar-refractivity contribution is 0.411. The van der Waals surface area contributed by atoms with Crippen LogP contribution in [0.15, 0.2) is 121 Å². The standard InChI is InChI=1S/C27H26NO2P/c29-31(30)26(21-22-13-5-1-6-14-22)28-27(23-15-7-2-8-16-23,24-17-9-3-10-18-24)25-19-11-4-12-20-25/h1-20,26,28,31H,21H2,(H,29,30). The molecule has 0 saturated heterocycles. The van der Waals surface area contributed by atoms with Crippen molar-refractivity contribution in [3.63, 3.8) is 0 Å². The Hall–Kier alpha value is -2.97. The smallest absolute Gasteiger partial charge is 0.205 e. The topological polar surface area (TPSA) is 49.3 Å². The average Bonchev–Trinajstić information content (AvgIpc) is 2.84. The van der Waals surface area contributed by atoms with Gasteiger partial charge < -0.3 is 4.89 Å². The Labute approximate surface area is 184 Å². The third-order valence-corrected chi connectivity index (χ3v) is 6.54. The molecule has 4 aromatic rings. The molecule has 156 valence electrons. The molecule has 4 aromatic carbocycles. The van der Waals surface area contributed by atoms with Crippen LogP contribution in [0.2, 0.25) is 0 Å². The molecule has 0 amide bonds. The minimum absolute atomic E-state index is 0.462. The Kier molecular flexibility index (Phi) is 6.79. The molecule has 0 aliphatic rings. The Bertz CT molecular complexity index is 1010. The van der Waals surface area contributed by atoms with Gasteiger partial charge >= 0.3 is 0 Å². The van der Waals surface area contributed by atoms with Crippen LogP contribution >= 0.6 is 8.03 Å². The van der Waals surface area contributed by atoms with Gasteiger partial charge in [0.15, 0.2) is 0 Å². The Morgan fingerprint density at radius 3 is 1.35 bits per heavy atom. The van der Waals surface area contributed by atoms with Gasteiger partial charge in [0.1, 0.15) is 0 Å². The highest BCUT2D eigenvalue weighted by molar-refractivity contribution is 7.38. The van der Waals surface area contributed by atoms with Crippen molar-refractivity contribution in [2.75, 3.05) is 0 Å². The molecule has 0 radical (unpaired) electrons. The normalized spacial score (nSPS) is 13.5. The molecule has 4 rings (SSSR count). The van der Waals surface area contributed by atoms with Crippen molar-refractivity contribution in [3.05, 3.63) is 144 Å². The first-order chi connectivity index (χ1) is 15.2. The zero-order chi connectivity index (χ0) is 21.5. The molecular weight excluding hydrogens is 401 g/mol. The molecule has 31 heavy (non-hydrogen) atoms. The van der Waals surface area contributed by atoms with Crippen LogP contribution in [0.4, 0.5) is 0 Å². The second-order valence-corrected chi connectivity index (χ2v) is 8.95. The van der Waals surface area contributed by atoms with Gasteiger partial charge in [0.2, 0.25) is 8.03 Å². The van der Waals surface area contributed by atoms with Gasteiger partial charge in [-0.05, 0) is 28.7 Å². The van der Waals surface area contributed by atoms with Crippen molar-refractivity contribution in [1.29, 1.82) is 0 Å². The lowest BCUT2D eigenvalue weighted by Crippen LogP contribution is -2.49. The summed E-state index contributed by atoms with van der Waals surface area (Å²) in [5, 5.41) is 3.65. The average molecular weight is 427 g/mol. The first kappa shape index (κ1) is 21.3. The highest BCUT2D eigenvalue weighted by Crippen LogP contribution is 2.40. The summed E-state index contributed by atoms with van der Waals surface area (Å²) in [6.07, 6.45) is 0.462. The predicted molar refractivity (Wildman–Crippen MR) is 127 cm³/mol. The van der Waals surface area contributed by atoms with Crippen molar-refractivity contribution in [1.82, 2.24) is 5.32 Å². The third-order valence-electron chi connectivity index (χ3n) is 5.59. The van der Waals surface area contributed by atoms with Gasteiger partial charge in [0.05, 0.1) is 11.3 Å². The predicted octanol–water partition coefficient (Wildman–Crippen LogP) is 5.60. The van der Waals surface area contributed by atoms with E-state index in [-0.39, 0.29) is 0 Å². The summed E-state index contributed by atoms with van der Waals surface area (Å²) in [6.45, 7) is 0. The molecule has 0 aliphatic heterocycles. The van der Waals surface area contributed by atoms with E-state index in [0.717, 1.165) is 22.3 Å². The fraction of sp³-hybridized carbons (Fsp3) is 0.111. The number of hydrogen-bond donors (Lipinski definition) is 2. The quantitative estimate of drug-likeness (QED) is 0.284. The molecule has 2 atom stereocenters. The summed E-state index contributed by atoms with van der Waals surface area (Å²) in [6, 6.07) is 40.3. The van der Waals surface area contributed by atoms with Crippen LogP contribution in [0.5, 0.6) is 0 Å². The third kappa shape index (κ3) is 4.70. The van der Waals surface area contributed by atoms with Crippen LogP contribution in [-0.4, -0.2) is 10.7 Å². The van der Waals surface area contributed by atoms with Gasteiger partial charge in [-0.1, -0.05) is 121 Å². The molecule has 2 unspecified atom stereocenters. The highest BCUT2D eigenvalue weighted by Gasteiger charge is 2.39. The first-order valence-electron chi connectivity index (χ1n) is 10.4. The van der Waals surface area contributed by atoms with Crippen LogP contribution in [0, 0.1) is 0 Å². The maximum Gasteiger partial charge on any atom is 0.205 e. The molecule has 0 spiro atoms. The van der Waals surface area contributed by atoms with E-state index >= 15 is 0 Å². The minimum atomic E-state index is -2.89. The Morgan fingerprint density at radius 2 is 1.00 bits per heavy atom. The van der Waals surface area contributed by atoms with E-state index in [2.05, 4.69) is 41.7 Å². The van der Waals surface area contributed by atoms with E-state index in [1.807, 2.05) is 84.9 Å². The molecule has 3 nitrogen and oxygen atoms in total. The van der Waals surface area contributed by atoms with Crippen LogP contribution in [0.3, 0.4) is 0 Å². The van der Waals surface area contributed by atoms with Crippen molar-refractivity contribution < 1.29 is 9.46 Å². The summed E-state index contributed by atoms with van der Waals surface area (Å²) < 4.78 is 12.6. The first-order valence-corrected chi connectivity index (χ1v) is 11.8. The summed E-state index contributed by atoms with van der Waals surface area (Å²) in [7, 11) is -2.89. The van der Waals surface area contributed by atoms with Crippen molar-refractivity contribution >= 4 is 8.03 Å². The minimum Gasteiger partial charge on any atom is -0.345 e. The van der Waals surface area contributed by atoms with Crippen molar-refractivity contribution in [2.45, 2.75) is 17.7 Å². The number of nitrogens with one attached hydrogen (secondary N) is 1. The maximum atomic E-state index is 12.6. The van der Waals surface area contributed by atoms with E-state index in [9.17, 15) is 9.46 Å². The summed E-state index contributed by atoms with van der Waals surface area (Å²) in [4.78, 5) is 10.4. The van der Waals surface area contributed by atoms with E-state index in [1.54, 1.807) is 0 Å². The fourth-order valence-corrected chi connectivity index (χ4v) is 4.88. The number of hydrogen-bond acceptors (Lipinski definition) is 2. The number of rotatable bonds is 8. The molecule has 0 aliphatic carbocycles. The largest absolute Gasteiger partial charge is 0.345 e. The molecule has 0 heterocycles. The van der Waals surface area contributed by atoms with Crippen LogP contribution in [-0.2, 0) is 16.5 Å². The monoisotopic (exact) mass is 427 g/mol. The van der Waals surface area contributed by atoms with Crippen LogP contribution < -0.4 is 5.32 Å². The molecule has 4 heteroatoms. The fourth-order valence-electron chi connectivity index (χ4n) is 4.13. The lowest BCUT2D eigenvalue weighted by atomic mass is 9.77. The molecule has 0 bridgehead atoms. The van der Waals surface area contributed by atoms with Crippen molar-refractivity contribution in [2.24, 2.45) is 0 Å². The van der Waals surface area contributed by atoms with Gasteiger partial charge in [-0.15, -0.1) is 0 Å². The maximum absolute atomic E-state index is 12.6. The zero-order valence-corrected chi connectivity index (χ0v) is 18.2. The molecule has 2 N–H and O–H groups in total. The molecule has 0 saturated carbocycles. The summed E-state index contributed by atoms with van der Waals surface area (Å²) in [5.74, 6) is -0.604. The molecular formula is C27H26NO2P. The zero-order valence-electron chi connectivity index (χ0n) is 17.2. The van der Waals surface area contributed by atoms with Gasteiger partial charge in [0.25, 0.3) is 0 Å². The van der Waals surface area contributed by atoms with E-state index in [1.165, 1.54) is 0 Å². The van der Waals surface area contributed by atoms with Gasteiger partial charge in [0, 0.05) is 0 Å². The van der Waals surface area contributed by atoms with E-state index < -0.39 is 19.3 Å². The Morgan fingerprint density at radius 1 is 0.645 bits per heavy atom. The summed E-state index contributed by atoms with van der Waals surface area (Å²) >= 11 is 0. The second kappa shape index (κ2) is 9.89.